The van der Waals surface area contributed by atoms with E-state index in [9.17, 15) is 9.90 Å². The molecule has 2 aliphatic carbocycles. The molecule has 2 bridgehead atoms. The Morgan fingerprint density at radius 3 is 2.38 bits per heavy atom. The molecule has 74 valence electrons. The van der Waals surface area contributed by atoms with E-state index in [2.05, 4.69) is 20.8 Å². The lowest BCUT2D eigenvalue weighted by Crippen LogP contribution is -2.39. The van der Waals surface area contributed by atoms with E-state index in [0.717, 1.165) is 19.3 Å². The van der Waals surface area contributed by atoms with Crippen molar-refractivity contribution in [3.8, 4) is 0 Å². The molecule has 0 aromatic heterocycles. The molecule has 3 atom stereocenters. The van der Waals surface area contributed by atoms with Crippen LogP contribution in [0.4, 0.5) is 0 Å². The fraction of sp³-hybridized carbons (Fsp3) is 0.909. The minimum absolute atomic E-state index is 0.233. The molecule has 0 heterocycles. The van der Waals surface area contributed by atoms with Gasteiger partial charge in [-0.05, 0) is 36.5 Å². The quantitative estimate of drug-likeness (QED) is 0.676. The van der Waals surface area contributed by atoms with Crippen molar-refractivity contribution in [1.82, 2.24) is 0 Å². The minimum atomic E-state index is -0.562. The van der Waals surface area contributed by atoms with Crippen molar-refractivity contribution in [2.75, 3.05) is 0 Å². The zero-order chi connectivity index (χ0) is 9.85. The van der Waals surface area contributed by atoms with Crippen molar-refractivity contribution in [3.05, 3.63) is 0 Å². The highest BCUT2D eigenvalue weighted by atomic mass is 16.4. The molecule has 1 N–H and O–H groups in total. The van der Waals surface area contributed by atoms with Crippen LogP contribution in [0.15, 0.2) is 0 Å². The van der Waals surface area contributed by atoms with Crippen molar-refractivity contribution >= 4 is 5.97 Å². The van der Waals surface area contributed by atoms with Gasteiger partial charge in [-0.25, -0.2) is 0 Å². The second-order valence-electron chi connectivity index (χ2n) is 5.44. The molecule has 0 spiro atoms. The Morgan fingerprint density at radius 1 is 1.46 bits per heavy atom. The summed E-state index contributed by atoms with van der Waals surface area (Å²) >= 11 is 0. The molecule has 2 aliphatic rings. The van der Waals surface area contributed by atoms with E-state index in [-0.39, 0.29) is 10.8 Å². The summed E-state index contributed by atoms with van der Waals surface area (Å²) in [7, 11) is 0. The van der Waals surface area contributed by atoms with Gasteiger partial charge in [0.25, 0.3) is 0 Å². The summed E-state index contributed by atoms with van der Waals surface area (Å²) in [5.74, 6) is 0.405. The minimum Gasteiger partial charge on any atom is -0.481 e. The molecule has 2 rings (SSSR count). The van der Waals surface area contributed by atoms with Crippen LogP contribution in [0.5, 0.6) is 0 Å². The van der Waals surface area contributed by atoms with Gasteiger partial charge in [0.1, 0.15) is 0 Å². The maximum atomic E-state index is 11.3. The second kappa shape index (κ2) is 2.28. The van der Waals surface area contributed by atoms with Gasteiger partial charge in [-0.3, -0.25) is 4.79 Å². The maximum Gasteiger partial charge on any atom is 0.309 e. The van der Waals surface area contributed by atoms with Crippen LogP contribution in [0.3, 0.4) is 0 Å². The molecule has 0 radical (unpaired) electrons. The van der Waals surface area contributed by atoms with Gasteiger partial charge in [0, 0.05) is 0 Å². The lowest BCUT2D eigenvalue weighted by Gasteiger charge is -2.39. The molecule has 13 heavy (non-hydrogen) atoms. The lowest BCUT2D eigenvalue weighted by molar-refractivity contribution is -0.152. The van der Waals surface area contributed by atoms with Crippen molar-refractivity contribution in [2.45, 2.75) is 40.0 Å². The van der Waals surface area contributed by atoms with E-state index in [1.807, 2.05) is 0 Å². The number of rotatable bonds is 1. The summed E-state index contributed by atoms with van der Waals surface area (Å²) in [6.45, 7) is 6.58. The van der Waals surface area contributed by atoms with Crippen molar-refractivity contribution in [1.29, 1.82) is 0 Å². The van der Waals surface area contributed by atoms with Crippen molar-refractivity contribution in [3.63, 3.8) is 0 Å². The summed E-state index contributed by atoms with van der Waals surface area (Å²) in [5, 5.41) is 9.29. The summed E-state index contributed by atoms with van der Waals surface area (Å²) in [5.41, 5.74) is -0.148. The third kappa shape index (κ3) is 0.866. The highest BCUT2D eigenvalue weighted by Crippen LogP contribution is 2.65. The molecule has 0 aromatic carbocycles. The van der Waals surface area contributed by atoms with Crippen LogP contribution in [0.25, 0.3) is 0 Å². The van der Waals surface area contributed by atoms with E-state index < -0.39 is 5.97 Å². The smallest absolute Gasteiger partial charge is 0.309 e. The predicted molar refractivity (Wildman–Crippen MR) is 50.4 cm³/mol. The summed E-state index contributed by atoms with van der Waals surface area (Å²) < 4.78 is 0. The van der Waals surface area contributed by atoms with Crippen LogP contribution >= 0.6 is 0 Å². The standard InChI is InChI=1S/C11H18O2/c1-7-10(2,3)8-4-5-11(7,6-8)9(12)13/h7-8H,4-6H2,1-3H3,(H,12,13)/t7-,8+,11+/m1/s1. The van der Waals surface area contributed by atoms with Gasteiger partial charge in [0.15, 0.2) is 0 Å². The molecular formula is C11H18O2. The first-order chi connectivity index (χ1) is 5.91. The lowest BCUT2D eigenvalue weighted by atomic mass is 9.64. The Hall–Kier alpha value is -0.530. The molecule has 2 heteroatoms. The molecule has 2 saturated carbocycles. The van der Waals surface area contributed by atoms with Crippen molar-refractivity contribution in [2.24, 2.45) is 22.7 Å². The number of carboxylic acid groups (broad SMARTS) is 1. The Bertz CT molecular complexity index is 257. The first kappa shape index (κ1) is 9.04. The van der Waals surface area contributed by atoms with Crippen molar-refractivity contribution < 1.29 is 9.90 Å². The van der Waals surface area contributed by atoms with E-state index in [0.29, 0.717) is 11.8 Å². The fourth-order valence-electron chi connectivity index (χ4n) is 3.55. The van der Waals surface area contributed by atoms with Crippen LogP contribution in [-0.2, 0) is 4.79 Å². The Kier molecular flexibility index (Phi) is 1.59. The number of fused-ring (bicyclic) bond motifs is 2. The predicted octanol–water partition coefficient (Wildman–Crippen LogP) is 2.53. The summed E-state index contributed by atoms with van der Waals surface area (Å²) in [6, 6.07) is 0. The third-order valence-corrected chi connectivity index (χ3v) is 4.97. The number of aliphatic carboxylic acids is 1. The van der Waals surface area contributed by atoms with Gasteiger partial charge in [-0.2, -0.15) is 0 Å². The first-order valence-electron chi connectivity index (χ1n) is 5.14. The third-order valence-electron chi connectivity index (χ3n) is 4.97. The van der Waals surface area contributed by atoms with Gasteiger partial charge < -0.3 is 5.11 Å². The zero-order valence-electron chi connectivity index (χ0n) is 8.63. The molecule has 0 saturated heterocycles. The normalized spacial score (nSPS) is 46.7. The Morgan fingerprint density at radius 2 is 2.08 bits per heavy atom. The average Bonchev–Trinajstić information content (AvgIpc) is 2.53. The van der Waals surface area contributed by atoms with Gasteiger partial charge in [-0.15, -0.1) is 0 Å². The van der Waals surface area contributed by atoms with Crippen LogP contribution in [-0.4, -0.2) is 11.1 Å². The average molecular weight is 182 g/mol. The molecule has 2 fully saturated rings. The molecule has 0 amide bonds. The van der Waals surface area contributed by atoms with E-state index in [1.54, 1.807) is 0 Å². The fourth-order valence-corrected chi connectivity index (χ4v) is 3.55. The summed E-state index contributed by atoms with van der Waals surface area (Å²) in [6.07, 6.45) is 2.93. The van der Waals surface area contributed by atoms with E-state index in [4.69, 9.17) is 0 Å². The number of carbonyl (C=O) groups is 1. The topological polar surface area (TPSA) is 37.3 Å². The molecule has 0 unspecified atom stereocenters. The maximum absolute atomic E-state index is 11.3. The zero-order valence-corrected chi connectivity index (χ0v) is 8.63. The van der Waals surface area contributed by atoms with Gasteiger partial charge in [-0.1, -0.05) is 20.8 Å². The van der Waals surface area contributed by atoms with Crippen LogP contribution < -0.4 is 0 Å². The Labute approximate surface area is 79.3 Å². The summed E-state index contributed by atoms with van der Waals surface area (Å²) in [4.78, 5) is 11.3. The van der Waals surface area contributed by atoms with Gasteiger partial charge in [0.2, 0.25) is 0 Å². The highest BCUT2D eigenvalue weighted by molar-refractivity contribution is 5.76. The monoisotopic (exact) mass is 182 g/mol. The number of hydrogen-bond acceptors (Lipinski definition) is 1. The van der Waals surface area contributed by atoms with E-state index >= 15 is 0 Å². The molecular weight excluding hydrogens is 164 g/mol. The SMILES string of the molecule is C[C@@H]1C(C)(C)[C@H]2CC[C@]1(C(=O)O)C2. The number of carboxylic acids is 1. The molecule has 2 nitrogen and oxygen atoms in total. The van der Waals surface area contributed by atoms with E-state index in [1.165, 1.54) is 0 Å². The van der Waals surface area contributed by atoms with Gasteiger partial charge in [0.05, 0.1) is 5.41 Å². The van der Waals surface area contributed by atoms with Crippen LogP contribution in [0, 0.1) is 22.7 Å². The van der Waals surface area contributed by atoms with Crippen LogP contribution in [0.2, 0.25) is 0 Å². The first-order valence-corrected chi connectivity index (χ1v) is 5.14. The van der Waals surface area contributed by atoms with Crippen LogP contribution in [0.1, 0.15) is 40.0 Å². The largest absolute Gasteiger partial charge is 0.481 e. The van der Waals surface area contributed by atoms with Gasteiger partial charge >= 0.3 is 5.97 Å². The molecule has 0 aromatic rings. The highest BCUT2D eigenvalue weighted by Gasteiger charge is 2.63. The Balaban J connectivity index is 2.40. The second-order valence-corrected chi connectivity index (χ2v) is 5.44. The number of hydrogen-bond donors (Lipinski definition) is 1. The molecule has 0 aliphatic heterocycles.